The maximum absolute atomic E-state index is 11.0. The number of carbonyl (C=O) groups excluding carboxylic acids is 1. The molecule has 2 fully saturated rings. The minimum Gasteiger partial charge on any atom is -0.459 e. The number of fused-ring (bicyclic) bond motifs is 2. The first-order chi connectivity index (χ1) is 9.50. The summed E-state index contributed by atoms with van der Waals surface area (Å²) in [6.07, 6.45) is 3.66. The quantitative estimate of drug-likeness (QED) is 0.761. The Balaban J connectivity index is 1.96. The van der Waals surface area contributed by atoms with Crippen LogP contribution in [0.3, 0.4) is 0 Å². The van der Waals surface area contributed by atoms with Crippen LogP contribution in [0.25, 0.3) is 0 Å². The third-order valence-corrected chi connectivity index (χ3v) is 6.56. The molecule has 0 heterocycles. The Bertz CT molecular complexity index is 493. The third kappa shape index (κ3) is 1.73. The van der Waals surface area contributed by atoms with Crippen molar-refractivity contribution in [1.29, 1.82) is 0 Å². The van der Waals surface area contributed by atoms with Gasteiger partial charge in [-0.15, -0.1) is 0 Å². The average molecular weight is 272 g/mol. The highest BCUT2D eigenvalue weighted by molar-refractivity contribution is 5.39. The van der Waals surface area contributed by atoms with Crippen molar-refractivity contribution >= 4 is 6.47 Å². The number of ether oxygens (including phenoxy) is 1. The molecule has 4 unspecified atom stereocenters. The Morgan fingerprint density at radius 1 is 1.25 bits per heavy atom. The molecule has 2 aliphatic carbocycles. The molecule has 0 saturated heterocycles. The van der Waals surface area contributed by atoms with Gasteiger partial charge in [-0.05, 0) is 41.6 Å². The molecule has 4 atom stereocenters. The van der Waals surface area contributed by atoms with E-state index in [0.29, 0.717) is 17.8 Å². The van der Waals surface area contributed by atoms with E-state index in [2.05, 4.69) is 32.9 Å². The van der Waals surface area contributed by atoms with E-state index in [4.69, 9.17) is 4.74 Å². The van der Waals surface area contributed by atoms with Crippen LogP contribution in [-0.2, 0) is 9.53 Å². The molecule has 0 radical (unpaired) electrons. The first kappa shape index (κ1) is 13.7. The number of carbonyl (C=O) groups is 1. The summed E-state index contributed by atoms with van der Waals surface area (Å²) >= 11 is 0. The molecule has 2 heteroatoms. The van der Waals surface area contributed by atoms with E-state index < -0.39 is 0 Å². The van der Waals surface area contributed by atoms with Gasteiger partial charge in [-0.3, -0.25) is 4.79 Å². The van der Waals surface area contributed by atoms with Crippen molar-refractivity contribution in [3.05, 3.63) is 35.9 Å². The van der Waals surface area contributed by atoms with Crippen LogP contribution >= 0.6 is 0 Å². The monoisotopic (exact) mass is 272 g/mol. The molecular formula is C18H24O2. The fraction of sp³-hybridized carbons (Fsp3) is 0.611. The van der Waals surface area contributed by atoms with Gasteiger partial charge in [0.1, 0.15) is 6.10 Å². The van der Waals surface area contributed by atoms with Crippen LogP contribution in [0.15, 0.2) is 30.3 Å². The van der Waals surface area contributed by atoms with E-state index >= 15 is 0 Å². The average Bonchev–Trinajstić information content (AvgIpc) is 2.78. The summed E-state index contributed by atoms with van der Waals surface area (Å²) in [5.74, 6) is 1.20. The van der Waals surface area contributed by atoms with E-state index in [9.17, 15) is 4.79 Å². The molecule has 0 aromatic heterocycles. The van der Waals surface area contributed by atoms with E-state index in [1.165, 1.54) is 19.3 Å². The fourth-order valence-corrected chi connectivity index (χ4v) is 4.83. The lowest BCUT2D eigenvalue weighted by atomic mass is 9.64. The van der Waals surface area contributed by atoms with Crippen LogP contribution in [0.1, 0.15) is 51.7 Å². The zero-order valence-corrected chi connectivity index (χ0v) is 12.6. The Morgan fingerprint density at radius 3 is 2.45 bits per heavy atom. The normalized spacial score (nSPS) is 35.8. The maximum atomic E-state index is 11.0. The molecule has 3 rings (SSSR count). The van der Waals surface area contributed by atoms with Crippen LogP contribution < -0.4 is 0 Å². The zero-order chi connectivity index (χ0) is 14.4. The summed E-state index contributed by atoms with van der Waals surface area (Å²) < 4.78 is 5.54. The number of hydrogen-bond acceptors (Lipinski definition) is 2. The highest BCUT2D eigenvalue weighted by atomic mass is 16.5. The number of hydrogen-bond donors (Lipinski definition) is 0. The van der Waals surface area contributed by atoms with Gasteiger partial charge in [0.15, 0.2) is 0 Å². The summed E-state index contributed by atoms with van der Waals surface area (Å²) in [5, 5.41) is 0. The zero-order valence-electron chi connectivity index (χ0n) is 12.6. The van der Waals surface area contributed by atoms with Gasteiger partial charge >= 0.3 is 0 Å². The molecule has 2 nitrogen and oxygen atoms in total. The second-order valence-electron chi connectivity index (χ2n) is 7.28. The highest BCUT2D eigenvalue weighted by Crippen LogP contribution is 2.70. The van der Waals surface area contributed by atoms with Crippen LogP contribution in [0, 0.1) is 22.7 Å². The van der Waals surface area contributed by atoms with Gasteiger partial charge in [0.05, 0.1) is 0 Å². The molecule has 1 aromatic carbocycles. The topological polar surface area (TPSA) is 26.3 Å². The summed E-state index contributed by atoms with van der Waals surface area (Å²) in [4.78, 5) is 11.0. The van der Waals surface area contributed by atoms with Crippen molar-refractivity contribution in [2.45, 2.75) is 46.1 Å². The van der Waals surface area contributed by atoms with Crippen molar-refractivity contribution in [3.8, 4) is 0 Å². The third-order valence-electron chi connectivity index (χ3n) is 6.56. The second kappa shape index (κ2) is 4.61. The Labute approximate surface area is 121 Å². The lowest BCUT2D eigenvalue weighted by molar-refractivity contribution is -0.140. The van der Waals surface area contributed by atoms with Crippen molar-refractivity contribution in [2.75, 3.05) is 0 Å². The van der Waals surface area contributed by atoms with Crippen LogP contribution in [0.4, 0.5) is 0 Å². The maximum Gasteiger partial charge on any atom is 0.293 e. The van der Waals surface area contributed by atoms with Crippen LogP contribution in [0.2, 0.25) is 0 Å². The molecule has 1 aromatic rings. The van der Waals surface area contributed by atoms with Gasteiger partial charge in [0.2, 0.25) is 0 Å². The molecule has 0 spiro atoms. The largest absolute Gasteiger partial charge is 0.459 e. The molecule has 2 aliphatic rings. The van der Waals surface area contributed by atoms with Crippen LogP contribution in [-0.4, -0.2) is 6.47 Å². The van der Waals surface area contributed by atoms with Crippen molar-refractivity contribution in [2.24, 2.45) is 22.7 Å². The highest BCUT2D eigenvalue weighted by Gasteiger charge is 2.63. The predicted octanol–water partition coefficient (Wildman–Crippen LogP) is 4.36. The first-order valence-electron chi connectivity index (χ1n) is 7.65. The summed E-state index contributed by atoms with van der Waals surface area (Å²) in [5.41, 5.74) is 1.74. The van der Waals surface area contributed by atoms with E-state index in [0.717, 1.165) is 11.5 Å². The standard InChI is InChI=1S/C18H24O2/c1-17(2)14-9-10-18(17,3)15(11-14)16(20-12-19)13-7-5-4-6-8-13/h4-8,12,14-16H,9-11H2,1-3H3. The van der Waals surface area contributed by atoms with Gasteiger partial charge in [0.25, 0.3) is 6.47 Å². The lowest BCUT2D eigenvalue weighted by Gasteiger charge is -2.42. The van der Waals surface area contributed by atoms with Gasteiger partial charge in [-0.1, -0.05) is 51.1 Å². The van der Waals surface area contributed by atoms with Gasteiger partial charge in [-0.2, -0.15) is 0 Å². The van der Waals surface area contributed by atoms with Gasteiger partial charge < -0.3 is 4.74 Å². The second-order valence-corrected chi connectivity index (χ2v) is 7.28. The molecule has 2 saturated carbocycles. The van der Waals surface area contributed by atoms with Crippen LogP contribution in [0.5, 0.6) is 0 Å². The van der Waals surface area contributed by atoms with E-state index in [1.807, 2.05) is 18.2 Å². The summed E-state index contributed by atoms with van der Waals surface area (Å²) in [6.45, 7) is 7.82. The van der Waals surface area contributed by atoms with Crippen molar-refractivity contribution in [3.63, 3.8) is 0 Å². The Hall–Kier alpha value is -1.31. The molecule has 0 N–H and O–H groups in total. The number of rotatable bonds is 4. The van der Waals surface area contributed by atoms with Gasteiger partial charge in [0, 0.05) is 5.92 Å². The van der Waals surface area contributed by atoms with E-state index in [-0.39, 0.29) is 11.5 Å². The minimum absolute atomic E-state index is 0.0942. The fourth-order valence-electron chi connectivity index (χ4n) is 4.83. The molecule has 20 heavy (non-hydrogen) atoms. The Morgan fingerprint density at radius 2 is 1.95 bits per heavy atom. The Kier molecular flexibility index (Phi) is 3.15. The minimum atomic E-state index is -0.0942. The summed E-state index contributed by atoms with van der Waals surface area (Å²) in [7, 11) is 0. The van der Waals surface area contributed by atoms with Crippen molar-refractivity contribution in [1.82, 2.24) is 0 Å². The summed E-state index contributed by atoms with van der Waals surface area (Å²) in [6, 6.07) is 10.2. The predicted molar refractivity (Wildman–Crippen MR) is 79.1 cm³/mol. The van der Waals surface area contributed by atoms with E-state index in [1.54, 1.807) is 0 Å². The lowest BCUT2D eigenvalue weighted by Crippen LogP contribution is -2.35. The number of benzene rings is 1. The molecule has 0 aliphatic heterocycles. The molecule has 0 amide bonds. The first-order valence-corrected chi connectivity index (χ1v) is 7.65. The molecule has 108 valence electrons. The van der Waals surface area contributed by atoms with Crippen molar-refractivity contribution < 1.29 is 9.53 Å². The molecule has 2 bridgehead atoms. The molecular weight excluding hydrogens is 248 g/mol. The smallest absolute Gasteiger partial charge is 0.293 e. The van der Waals surface area contributed by atoms with Gasteiger partial charge in [-0.25, -0.2) is 0 Å². The SMILES string of the molecule is CC1(C)C2CCC1(C)C(C(OC=O)c1ccccc1)C2.